The van der Waals surface area contributed by atoms with Gasteiger partial charge in [0.2, 0.25) is 0 Å². The predicted molar refractivity (Wildman–Crippen MR) is 61.7 cm³/mol. The fraction of sp³-hybridized carbons (Fsp3) is 1.00. The van der Waals surface area contributed by atoms with Crippen LogP contribution in [0.3, 0.4) is 0 Å². The highest BCUT2D eigenvalue weighted by molar-refractivity contribution is 7.17. The molecule has 12 heavy (non-hydrogen) atoms. The van der Waals surface area contributed by atoms with Crippen molar-refractivity contribution in [1.29, 1.82) is 0 Å². The predicted octanol–water partition coefficient (Wildman–Crippen LogP) is 4.25. The van der Waals surface area contributed by atoms with E-state index in [9.17, 15) is 0 Å². The van der Waals surface area contributed by atoms with Crippen molar-refractivity contribution in [3.05, 3.63) is 0 Å². The second-order valence-corrected chi connectivity index (χ2v) is 5.50. The summed E-state index contributed by atoms with van der Waals surface area (Å²) in [6.45, 7) is 6.90. The lowest BCUT2D eigenvalue weighted by atomic mass is 10.0. The van der Waals surface area contributed by atoms with Gasteiger partial charge in [-0.25, -0.2) is 0 Å². The molecule has 0 fully saturated rings. The Bertz CT molecular complexity index is 75.0. The molecule has 0 aromatic rings. The molecule has 0 aromatic heterocycles. The first-order valence-corrected chi connectivity index (χ1v) is 6.05. The molecular weight excluding hydrogens is 163 g/mol. The minimum absolute atomic E-state index is 0.815. The molecule has 0 N–H and O–H groups in total. The Hall–Kier alpha value is 0.430. The third kappa shape index (κ3) is 10.4. The molecule has 1 heteroatoms. The van der Waals surface area contributed by atoms with Gasteiger partial charge in [-0.1, -0.05) is 52.9 Å². The average Bonchev–Trinajstić information content (AvgIpc) is 1.95. The van der Waals surface area contributed by atoms with Gasteiger partial charge in [0.05, 0.1) is 0 Å². The van der Waals surface area contributed by atoms with Gasteiger partial charge in [-0.2, -0.15) is 0 Å². The van der Waals surface area contributed by atoms with Gasteiger partial charge in [0.1, 0.15) is 0 Å². The van der Waals surface area contributed by atoms with E-state index in [1.807, 2.05) is 0 Å². The summed E-state index contributed by atoms with van der Waals surface area (Å²) < 4.78 is 0. The number of hydrogen-bond donors (Lipinski definition) is 0. The lowest BCUT2D eigenvalue weighted by molar-refractivity contribution is 0.515. The molecule has 0 spiro atoms. The van der Waals surface area contributed by atoms with Crippen LogP contribution < -0.4 is 0 Å². The summed E-state index contributed by atoms with van der Waals surface area (Å²) in [5.41, 5.74) is 0.815. The van der Waals surface area contributed by atoms with Crippen LogP contribution in [0.2, 0.25) is 0 Å². The van der Waals surface area contributed by atoms with Gasteiger partial charge in [-0.05, 0) is 18.0 Å². The van der Waals surface area contributed by atoms with E-state index in [1.54, 1.807) is 0 Å². The SMILES string of the molecule is CC(C)CCCCCC[C@@H](C)P. The average molecular weight is 188 g/mol. The second-order valence-electron chi connectivity index (χ2n) is 4.36. The summed E-state index contributed by atoms with van der Waals surface area (Å²) in [7, 11) is 2.87. The van der Waals surface area contributed by atoms with E-state index >= 15 is 0 Å². The zero-order valence-corrected chi connectivity index (χ0v) is 10.1. The van der Waals surface area contributed by atoms with E-state index in [1.165, 1.54) is 38.5 Å². The Labute approximate surface area is 80.7 Å². The third-order valence-corrected chi connectivity index (χ3v) is 2.52. The minimum atomic E-state index is 0.815. The van der Waals surface area contributed by atoms with Crippen LogP contribution in [0, 0.1) is 5.92 Å². The summed E-state index contributed by atoms with van der Waals surface area (Å²) in [6.07, 6.45) is 8.52. The molecule has 0 bridgehead atoms. The van der Waals surface area contributed by atoms with E-state index in [4.69, 9.17) is 0 Å². The lowest BCUT2D eigenvalue weighted by Gasteiger charge is -2.05. The van der Waals surface area contributed by atoms with Crippen LogP contribution in [-0.2, 0) is 0 Å². The van der Waals surface area contributed by atoms with E-state index in [-0.39, 0.29) is 0 Å². The summed E-state index contributed by atoms with van der Waals surface area (Å²) in [6, 6.07) is 0. The Morgan fingerprint density at radius 2 is 1.33 bits per heavy atom. The smallest absolute Gasteiger partial charge is 0.0293 e. The molecule has 0 rings (SSSR count). The quantitative estimate of drug-likeness (QED) is 0.414. The zero-order valence-electron chi connectivity index (χ0n) is 8.97. The zero-order chi connectivity index (χ0) is 9.40. The van der Waals surface area contributed by atoms with Gasteiger partial charge in [0.25, 0.3) is 0 Å². The Kier molecular flexibility index (Phi) is 8.34. The monoisotopic (exact) mass is 188 g/mol. The second kappa shape index (κ2) is 8.05. The van der Waals surface area contributed by atoms with Crippen molar-refractivity contribution < 1.29 is 0 Å². The fourth-order valence-electron chi connectivity index (χ4n) is 1.37. The Morgan fingerprint density at radius 3 is 1.75 bits per heavy atom. The maximum Gasteiger partial charge on any atom is -0.0293 e. The maximum atomic E-state index is 2.87. The van der Waals surface area contributed by atoms with Gasteiger partial charge in [0, 0.05) is 0 Å². The van der Waals surface area contributed by atoms with Gasteiger partial charge in [-0.3, -0.25) is 0 Å². The molecule has 0 aromatic carbocycles. The van der Waals surface area contributed by atoms with Crippen molar-refractivity contribution >= 4 is 9.24 Å². The highest BCUT2D eigenvalue weighted by Gasteiger charge is 1.96. The van der Waals surface area contributed by atoms with E-state index < -0.39 is 0 Å². The summed E-state index contributed by atoms with van der Waals surface area (Å²) in [5, 5.41) is 0. The molecule has 0 nitrogen and oxygen atoms in total. The van der Waals surface area contributed by atoms with Crippen LogP contribution in [0.4, 0.5) is 0 Å². The van der Waals surface area contributed by atoms with Crippen LogP contribution in [0.1, 0.15) is 59.3 Å². The summed E-state index contributed by atoms with van der Waals surface area (Å²) >= 11 is 0. The highest BCUT2D eigenvalue weighted by Crippen LogP contribution is 2.13. The summed E-state index contributed by atoms with van der Waals surface area (Å²) in [4.78, 5) is 0. The van der Waals surface area contributed by atoms with Crippen molar-refractivity contribution in [2.75, 3.05) is 0 Å². The first-order valence-electron chi connectivity index (χ1n) is 5.38. The van der Waals surface area contributed by atoms with E-state index in [2.05, 4.69) is 30.0 Å². The number of rotatable bonds is 7. The molecule has 2 atom stereocenters. The molecule has 0 saturated heterocycles. The van der Waals surface area contributed by atoms with E-state index in [0.29, 0.717) is 0 Å². The van der Waals surface area contributed by atoms with Crippen molar-refractivity contribution in [2.45, 2.75) is 65.0 Å². The third-order valence-electron chi connectivity index (χ3n) is 2.19. The maximum absolute atomic E-state index is 2.87. The topological polar surface area (TPSA) is 0 Å². The van der Waals surface area contributed by atoms with Gasteiger partial charge in [-0.15, -0.1) is 9.24 Å². The molecular formula is C11H25P. The molecule has 0 aliphatic rings. The van der Waals surface area contributed by atoms with Crippen molar-refractivity contribution in [3.8, 4) is 0 Å². The number of unbranched alkanes of at least 4 members (excludes halogenated alkanes) is 3. The minimum Gasteiger partial charge on any atom is -0.135 e. The molecule has 0 amide bonds. The standard InChI is InChI=1S/C11H25P/c1-10(2)8-6-4-5-7-9-11(3)12/h10-11H,4-9,12H2,1-3H3/t11-/m1/s1. The van der Waals surface area contributed by atoms with Crippen LogP contribution >= 0.6 is 9.24 Å². The molecule has 1 unspecified atom stereocenters. The summed E-state index contributed by atoms with van der Waals surface area (Å²) in [5.74, 6) is 0.894. The molecule has 0 heterocycles. The normalized spacial score (nSPS) is 13.8. The van der Waals surface area contributed by atoms with Gasteiger partial charge in [0.15, 0.2) is 0 Å². The van der Waals surface area contributed by atoms with Crippen molar-refractivity contribution in [3.63, 3.8) is 0 Å². The number of hydrogen-bond acceptors (Lipinski definition) is 0. The van der Waals surface area contributed by atoms with Crippen LogP contribution in [0.15, 0.2) is 0 Å². The first-order chi connectivity index (χ1) is 5.63. The van der Waals surface area contributed by atoms with Crippen LogP contribution in [0.5, 0.6) is 0 Å². The highest BCUT2D eigenvalue weighted by atomic mass is 31.0. The Balaban J connectivity index is 2.91. The fourth-order valence-corrected chi connectivity index (χ4v) is 1.61. The largest absolute Gasteiger partial charge is 0.135 e. The van der Waals surface area contributed by atoms with Gasteiger partial charge < -0.3 is 0 Å². The first kappa shape index (κ1) is 12.4. The van der Waals surface area contributed by atoms with Crippen molar-refractivity contribution in [1.82, 2.24) is 0 Å². The molecule has 0 aliphatic heterocycles. The van der Waals surface area contributed by atoms with Crippen LogP contribution in [0.25, 0.3) is 0 Å². The van der Waals surface area contributed by atoms with E-state index in [0.717, 1.165) is 11.6 Å². The molecule has 0 saturated carbocycles. The van der Waals surface area contributed by atoms with Gasteiger partial charge >= 0.3 is 0 Å². The molecule has 0 aliphatic carbocycles. The Morgan fingerprint density at radius 1 is 0.833 bits per heavy atom. The van der Waals surface area contributed by atoms with Crippen molar-refractivity contribution in [2.24, 2.45) is 5.92 Å². The molecule has 0 radical (unpaired) electrons. The molecule has 74 valence electrons. The van der Waals surface area contributed by atoms with Crippen LogP contribution in [-0.4, -0.2) is 5.66 Å². The lowest BCUT2D eigenvalue weighted by Crippen LogP contribution is -1.90.